The van der Waals surface area contributed by atoms with Crippen molar-refractivity contribution in [2.24, 2.45) is 5.92 Å². The average Bonchev–Trinajstić information content (AvgIpc) is 2.71. The van der Waals surface area contributed by atoms with Crippen molar-refractivity contribution in [1.29, 1.82) is 0 Å². The molecule has 18 heavy (non-hydrogen) atoms. The van der Waals surface area contributed by atoms with Gasteiger partial charge in [-0.05, 0) is 59.4 Å². The minimum absolute atomic E-state index is 0.190. The molecule has 1 aliphatic rings. The van der Waals surface area contributed by atoms with Gasteiger partial charge in [0.1, 0.15) is 0 Å². The molecule has 1 fully saturated rings. The number of halogens is 1. The second-order valence-electron chi connectivity index (χ2n) is 4.99. The number of hydrogen-bond donors (Lipinski definition) is 1. The van der Waals surface area contributed by atoms with E-state index in [1.807, 2.05) is 19.1 Å². The molecule has 2 rings (SSSR count). The molecular weight excluding hydrogens is 294 g/mol. The third-order valence-corrected chi connectivity index (χ3v) is 3.91. The van der Waals surface area contributed by atoms with Crippen molar-refractivity contribution in [3.05, 3.63) is 22.2 Å². The Labute approximate surface area is 117 Å². The van der Waals surface area contributed by atoms with E-state index in [0.29, 0.717) is 16.8 Å². The lowest BCUT2D eigenvalue weighted by Gasteiger charge is -2.17. The Kier molecular flexibility index (Phi) is 4.51. The Morgan fingerprint density at radius 3 is 2.89 bits per heavy atom. The second-order valence-corrected chi connectivity index (χ2v) is 5.84. The predicted octanol–water partition coefficient (Wildman–Crippen LogP) is 3.40. The van der Waals surface area contributed by atoms with E-state index in [1.54, 1.807) is 0 Å². The van der Waals surface area contributed by atoms with E-state index in [2.05, 4.69) is 27.8 Å². The van der Waals surface area contributed by atoms with Gasteiger partial charge in [-0.1, -0.05) is 6.92 Å². The maximum absolute atomic E-state index is 9.87. The van der Waals surface area contributed by atoms with Crippen LogP contribution in [0.4, 0.5) is 0 Å². The lowest BCUT2D eigenvalue weighted by Crippen LogP contribution is -2.19. The van der Waals surface area contributed by atoms with E-state index in [0.717, 1.165) is 25.6 Å². The van der Waals surface area contributed by atoms with Crippen LogP contribution in [0.25, 0.3) is 0 Å². The smallest absolute Gasteiger partial charge is 0.172 e. The van der Waals surface area contributed by atoms with Crippen LogP contribution in [0.15, 0.2) is 16.6 Å². The van der Waals surface area contributed by atoms with E-state index in [1.165, 1.54) is 12.0 Å². The molecule has 0 spiro atoms. The molecule has 100 valence electrons. The Balaban J connectivity index is 2.13. The molecule has 1 aliphatic heterocycles. The minimum atomic E-state index is 0.190. The lowest BCUT2D eigenvalue weighted by molar-refractivity contribution is 0.308. The fourth-order valence-corrected chi connectivity index (χ4v) is 2.90. The van der Waals surface area contributed by atoms with Gasteiger partial charge in [-0.25, -0.2) is 0 Å². The van der Waals surface area contributed by atoms with E-state index in [9.17, 15) is 5.11 Å². The Bertz CT molecular complexity index is 423. The van der Waals surface area contributed by atoms with Crippen molar-refractivity contribution < 1.29 is 9.84 Å². The van der Waals surface area contributed by atoms with Crippen molar-refractivity contribution in [2.45, 2.75) is 26.8 Å². The summed E-state index contributed by atoms with van der Waals surface area (Å²) in [7, 11) is 0. The molecule has 1 atom stereocenters. The molecule has 4 heteroatoms. The van der Waals surface area contributed by atoms with Gasteiger partial charge in [0.2, 0.25) is 0 Å². The van der Waals surface area contributed by atoms with Gasteiger partial charge in [-0.3, -0.25) is 4.90 Å². The van der Waals surface area contributed by atoms with Crippen LogP contribution < -0.4 is 4.74 Å². The Morgan fingerprint density at radius 2 is 2.28 bits per heavy atom. The molecule has 0 aliphatic carbocycles. The molecule has 1 unspecified atom stereocenters. The first-order valence-corrected chi connectivity index (χ1v) is 7.26. The SMILES string of the molecule is CCOc1cc(CN2CCC(C)C2)cc(Br)c1O. The maximum atomic E-state index is 9.87. The van der Waals surface area contributed by atoms with Crippen LogP contribution in [0.2, 0.25) is 0 Å². The first-order chi connectivity index (χ1) is 8.60. The van der Waals surface area contributed by atoms with Crippen LogP contribution in [0.3, 0.4) is 0 Å². The van der Waals surface area contributed by atoms with Crippen LogP contribution in [0.1, 0.15) is 25.8 Å². The quantitative estimate of drug-likeness (QED) is 0.924. The first kappa shape index (κ1) is 13.7. The fraction of sp³-hybridized carbons (Fsp3) is 0.571. The highest BCUT2D eigenvalue weighted by Crippen LogP contribution is 2.36. The summed E-state index contributed by atoms with van der Waals surface area (Å²) >= 11 is 3.38. The highest BCUT2D eigenvalue weighted by Gasteiger charge is 2.19. The maximum Gasteiger partial charge on any atom is 0.172 e. The van der Waals surface area contributed by atoms with Crippen molar-refractivity contribution in [3.63, 3.8) is 0 Å². The molecule has 1 aromatic rings. The molecule has 0 aromatic heterocycles. The number of nitrogens with zero attached hydrogens (tertiary/aromatic N) is 1. The number of phenolic OH excluding ortho intramolecular Hbond substituents is 1. The molecular formula is C14H20BrNO2. The van der Waals surface area contributed by atoms with Crippen molar-refractivity contribution >= 4 is 15.9 Å². The number of aromatic hydroxyl groups is 1. The summed E-state index contributed by atoms with van der Waals surface area (Å²) < 4.78 is 6.15. The highest BCUT2D eigenvalue weighted by molar-refractivity contribution is 9.10. The van der Waals surface area contributed by atoms with Gasteiger partial charge in [0.25, 0.3) is 0 Å². The Hall–Kier alpha value is -0.740. The van der Waals surface area contributed by atoms with Gasteiger partial charge in [-0.15, -0.1) is 0 Å². The normalized spacial score (nSPS) is 20.3. The summed E-state index contributed by atoms with van der Waals surface area (Å²) in [4.78, 5) is 2.44. The molecule has 0 radical (unpaired) electrons. The first-order valence-electron chi connectivity index (χ1n) is 6.46. The third-order valence-electron chi connectivity index (χ3n) is 3.30. The van der Waals surface area contributed by atoms with Crippen LogP contribution in [-0.2, 0) is 6.54 Å². The van der Waals surface area contributed by atoms with Crippen molar-refractivity contribution in [1.82, 2.24) is 4.90 Å². The number of ether oxygens (including phenoxy) is 1. The summed E-state index contributed by atoms with van der Waals surface area (Å²) in [5.41, 5.74) is 1.18. The Morgan fingerprint density at radius 1 is 1.50 bits per heavy atom. The average molecular weight is 314 g/mol. The van der Waals surface area contributed by atoms with E-state index < -0.39 is 0 Å². The lowest BCUT2D eigenvalue weighted by atomic mass is 10.1. The number of hydrogen-bond acceptors (Lipinski definition) is 3. The van der Waals surface area contributed by atoms with Gasteiger partial charge in [0, 0.05) is 13.1 Å². The topological polar surface area (TPSA) is 32.7 Å². The monoisotopic (exact) mass is 313 g/mol. The van der Waals surface area contributed by atoms with Gasteiger partial charge in [-0.2, -0.15) is 0 Å². The largest absolute Gasteiger partial charge is 0.503 e. The van der Waals surface area contributed by atoms with Crippen LogP contribution in [-0.4, -0.2) is 29.7 Å². The molecule has 1 heterocycles. The van der Waals surface area contributed by atoms with Crippen LogP contribution in [0.5, 0.6) is 11.5 Å². The number of rotatable bonds is 4. The van der Waals surface area contributed by atoms with Crippen LogP contribution >= 0.6 is 15.9 Å². The number of phenols is 1. The predicted molar refractivity (Wildman–Crippen MR) is 76.0 cm³/mol. The van der Waals surface area contributed by atoms with E-state index in [4.69, 9.17) is 4.74 Å². The standard InChI is InChI=1S/C14H20BrNO2/c1-3-18-13-7-11(6-12(15)14(13)17)9-16-5-4-10(2)8-16/h6-7,10,17H,3-5,8-9H2,1-2H3. The van der Waals surface area contributed by atoms with E-state index >= 15 is 0 Å². The molecule has 0 amide bonds. The zero-order valence-electron chi connectivity index (χ0n) is 10.9. The van der Waals surface area contributed by atoms with Crippen molar-refractivity contribution in [3.8, 4) is 11.5 Å². The molecule has 0 bridgehead atoms. The van der Waals surface area contributed by atoms with E-state index in [-0.39, 0.29) is 5.75 Å². The van der Waals surface area contributed by atoms with Crippen LogP contribution in [0, 0.1) is 5.92 Å². The minimum Gasteiger partial charge on any atom is -0.503 e. The van der Waals surface area contributed by atoms with Gasteiger partial charge in [0.15, 0.2) is 11.5 Å². The summed E-state index contributed by atoms with van der Waals surface area (Å²) in [5, 5.41) is 9.87. The number of benzene rings is 1. The van der Waals surface area contributed by atoms with Gasteiger partial charge in [0.05, 0.1) is 11.1 Å². The van der Waals surface area contributed by atoms with Crippen molar-refractivity contribution in [2.75, 3.05) is 19.7 Å². The summed E-state index contributed by atoms with van der Waals surface area (Å²) in [6, 6.07) is 3.91. The summed E-state index contributed by atoms with van der Waals surface area (Å²) in [6.07, 6.45) is 1.28. The fourth-order valence-electron chi connectivity index (χ4n) is 2.41. The molecule has 1 N–H and O–H groups in total. The van der Waals surface area contributed by atoms with Gasteiger partial charge < -0.3 is 9.84 Å². The molecule has 0 saturated carbocycles. The molecule has 1 aromatic carbocycles. The molecule has 1 saturated heterocycles. The number of likely N-dealkylation sites (tertiary alicyclic amines) is 1. The highest BCUT2D eigenvalue weighted by atomic mass is 79.9. The summed E-state index contributed by atoms with van der Waals surface area (Å²) in [6.45, 7) is 8.00. The second kappa shape index (κ2) is 5.93. The zero-order valence-corrected chi connectivity index (χ0v) is 12.5. The zero-order chi connectivity index (χ0) is 13.1. The van der Waals surface area contributed by atoms with Gasteiger partial charge >= 0.3 is 0 Å². The molecule has 3 nitrogen and oxygen atoms in total. The third kappa shape index (κ3) is 3.18. The summed E-state index contributed by atoms with van der Waals surface area (Å²) in [5.74, 6) is 1.54.